The number of nitrogens with one attached hydrogen (secondary N) is 1. The van der Waals surface area contributed by atoms with E-state index in [2.05, 4.69) is 5.32 Å². The first-order valence-electron chi connectivity index (χ1n) is 7.27. The zero-order chi connectivity index (χ0) is 18.8. The van der Waals surface area contributed by atoms with Gasteiger partial charge in [-0.3, -0.25) is 14.9 Å². The van der Waals surface area contributed by atoms with E-state index < -0.39 is 10.8 Å². The summed E-state index contributed by atoms with van der Waals surface area (Å²) in [5.41, 5.74) is -0.503. The van der Waals surface area contributed by atoms with Crippen molar-refractivity contribution < 1.29 is 23.9 Å². The van der Waals surface area contributed by atoms with Gasteiger partial charge in [-0.15, -0.1) is 0 Å². The molecule has 0 bridgehead atoms. The van der Waals surface area contributed by atoms with Gasteiger partial charge in [-0.1, -0.05) is 0 Å². The number of benzene rings is 1. The highest BCUT2D eigenvalue weighted by Gasteiger charge is 2.20. The van der Waals surface area contributed by atoms with Gasteiger partial charge in [-0.05, 0) is 18.6 Å². The fraction of sp³-hybridized carbons (Fsp3) is 0.375. The van der Waals surface area contributed by atoms with E-state index in [-0.39, 0.29) is 28.3 Å². The standard InChI is InChI=1S/C16H19N3O6/c1-23-6-4-5-18-16(20)12(10-17)7-11-8-14(24-2)15(25-3)9-13(11)19(21)22/h7-9H,4-6H2,1-3H3,(H,18,20)/b12-7+. The molecule has 9 nitrogen and oxygen atoms in total. The lowest BCUT2D eigenvalue weighted by Gasteiger charge is -2.09. The maximum atomic E-state index is 12.0. The van der Waals surface area contributed by atoms with Crippen LogP contribution in [0.15, 0.2) is 17.7 Å². The summed E-state index contributed by atoms with van der Waals surface area (Å²) in [7, 11) is 4.27. The lowest BCUT2D eigenvalue weighted by atomic mass is 10.1. The number of ether oxygens (including phenoxy) is 3. The molecule has 0 aliphatic rings. The molecule has 0 spiro atoms. The van der Waals surface area contributed by atoms with Crippen molar-refractivity contribution in [3.05, 3.63) is 33.4 Å². The monoisotopic (exact) mass is 349 g/mol. The Hall–Kier alpha value is -3.12. The predicted octanol–water partition coefficient (Wildman–Crippen LogP) is 1.67. The molecule has 0 heterocycles. The average molecular weight is 349 g/mol. The van der Waals surface area contributed by atoms with E-state index in [1.54, 1.807) is 13.2 Å². The third-order valence-electron chi connectivity index (χ3n) is 3.21. The Kier molecular flexibility index (Phi) is 7.89. The Balaban J connectivity index is 3.19. The molecule has 1 aromatic carbocycles. The molecule has 0 atom stereocenters. The summed E-state index contributed by atoms with van der Waals surface area (Å²) in [6, 6.07) is 4.26. The lowest BCUT2D eigenvalue weighted by molar-refractivity contribution is -0.385. The van der Waals surface area contributed by atoms with Crippen molar-refractivity contribution >= 4 is 17.7 Å². The van der Waals surface area contributed by atoms with Gasteiger partial charge in [0, 0.05) is 20.3 Å². The normalized spacial score (nSPS) is 10.7. The first-order valence-corrected chi connectivity index (χ1v) is 7.27. The van der Waals surface area contributed by atoms with Gasteiger partial charge >= 0.3 is 0 Å². The van der Waals surface area contributed by atoms with Crippen LogP contribution in [0.3, 0.4) is 0 Å². The van der Waals surface area contributed by atoms with E-state index in [0.717, 1.165) is 6.08 Å². The van der Waals surface area contributed by atoms with Gasteiger partial charge in [-0.25, -0.2) is 0 Å². The van der Waals surface area contributed by atoms with Crippen molar-refractivity contribution in [2.75, 3.05) is 34.5 Å². The largest absolute Gasteiger partial charge is 0.493 e. The first kappa shape index (κ1) is 19.9. The van der Waals surface area contributed by atoms with Gasteiger partial charge in [0.1, 0.15) is 11.6 Å². The third kappa shape index (κ3) is 5.47. The smallest absolute Gasteiger partial charge is 0.280 e. The zero-order valence-corrected chi connectivity index (χ0v) is 14.2. The summed E-state index contributed by atoms with van der Waals surface area (Å²) in [5, 5.41) is 23.0. The summed E-state index contributed by atoms with van der Waals surface area (Å²) in [4.78, 5) is 22.7. The molecular weight excluding hydrogens is 330 g/mol. The summed E-state index contributed by atoms with van der Waals surface area (Å²) >= 11 is 0. The third-order valence-corrected chi connectivity index (χ3v) is 3.21. The Morgan fingerprint density at radius 3 is 2.48 bits per heavy atom. The number of amides is 1. The maximum absolute atomic E-state index is 12.0. The minimum atomic E-state index is -0.626. The molecule has 0 unspecified atom stereocenters. The summed E-state index contributed by atoms with van der Waals surface area (Å²) in [6.45, 7) is 0.784. The van der Waals surface area contributed by atoms with Crippen LogP contribution < -0.4 is 14.8 Å². The van der Waals surface area contributed by atoms with E-state index >= 15 is 0 Å². The minimum absolute atomic E-state index is 0.0613. The molecule has 134 valence electrons. The highest BCUT2D eigenvalue weighted by Crippen LogP contribution is 2.35. The highest BCUT2D eigenvalue weighted by molar-refractivity contribution is 6.02. The van der Waals surface area contributed by atoms with Crippen LogP contribution in [0.2, 0.25) is 0 Å². The Bertz CT molecular complexity index is 709. The van der Waals surface area contributed by atoms with Crippen LogP contribution in [-0.2, 0) is 9.53 Å². The van der Waals surface area contributed by atoms with Crippen LogP contribution >= 0.6 is 0 Å². The summed E-state index contributed by atoms with van der Waals surface area (Å²) in [5.74, 6) is -0.200. The summed E-state index contributed by atoms with van der Waals surface area (Å²) < 4.78 is 15.0. The molecule has 0 aromatic heterocycles. The van der Waals surface area contributed by atoms with Crippen LogP contribution in [0.5, 0.6) is 11.5 Å². The Morgan fingerprint density at radius 2 is 1.96 bits per heavy atom. The molecule has 0 saturated carbocycles. The zero-order valence-electron chi connectivity index (χ0n) is 14.2. The van der Waals surface area contributed by atoms with Crippen LogP contribution in [0.1, 0.15) is 12.0 Å². The number of carbonyl (C=O) groups excluding carboxylic acids is 1. The van der Waals surface area contributed by atoms with Crippen LogP contribution in [0.25, 0.3) is 6.08 Å². The molecule has 9 heteroatoms. The second-order valence-corrected chi connectivity index (χ2v) is 4.80. The SMILES string of the molecule is COCCCNC(=O)/C(C#N)=C/c1cc(OC)c(OC)cc1[N+](=O)[O-]. The van der Waals surface area contributed by atoms with Crippen molar-refractivity contribution in [3.63, 3.8) is 0 Å². The van der Waals surface area contributed by atoms with Gasteiger partial charge < -0.3 is 19.5 Å². The van der Waals surface area contributed by atoms with E-state index in [4.69, 9.17) is 14.2 Å². The predicted molar refractivity (Wildman–Crippen MR) is 89.3 cm³/mol. The molecule has 1 amide bonds. The summed E-state index contributed by atoms with van der Waals surface area (Å²) in [6.07, 6.45) is 1.73. The van der Waals surface area contributed by atoms with Crippen molar-refractivity contribution in [2.24, 2.45) is 0 Å². The number of hydrogen-bond donors (Lipinski definition) is 1. The van der Waals surface area contributed by atoms with E-state index in [1.165, 1.54) is 26.4 Å². The Morgan fingerprint density at radius 1 is 1.32 bits per heavy atom. The second kappa shape index (κ2) is 9.89. The van der Waals surface area contributed by atoms with Crippen molar-refractivity contribution in [2.45, 2.75) is 6.42 Å². The Labute approximate surface area is 144 Å². The molecule has 0 aliphatic carbocycles. The molecule has 0 saturated heterocycles. The average Bonchev–Trinajstić information content (AvgIpc) is 2.62. The molecule has 1 rings (SSSR count). The van der Waals surface area contributed by atoms with Gasteiger partial charge in [0.2, 0.25) is 0 Å². The number of rotatable bonds is 9. The molecular formula is C16H19N3O6. The van der Waals surface area contributed by atoms with Crippen LogP contribution in [0.4, 0.5) is 5.69 Å². The van der Waals surface area contributed by atoms with Gasteiger partial charge in [-0.2, -0.15) is 5.26 Å². The lowest BCUT2D eigenvalue weighted by Crippen LogP contribution is -2.26. The van der Waals surface area contributed by atoms with Crippen LogP contribution in [-0.4, -0.2) is 45.3 Å². The molecule has 1 N–H and O–H groups in total. The fourth-order valence-electron chi connectivity index (χ4n) is 1.98. The second-order valence-electron chi connectivity index (χ2n) is 4.80. The molecule has 0 radical (unpaired) electrons. The fourth-order valence-corrected chi connectivity index (χ4v) is 1.98. The molecule has 25 heavy (non-hydrogen) atoms. The van der Waals surface area contributed by atoms with Gasteiger partial charge in [0.05, 0.1) is 30.8 Å². The van der Waals surface area contributed by atoms with Gasteiger partial charge in [0.15, 0.2) is 11.5 Å². The van der Waals surface area contributed by atoms with E-state index in [9.17, 15) is 20.2 Å². The van der Waals surface area contributed by atoms with Crippen LogP contribution in [0, 0.1) is 21.4 Å². The number of nitro groups is 1. The molecule has 0 aliphatic heterocycles. The van der Waals surface area contributed by atoms with Crippen molar-refractivity contribution in [1.82, 2.24) is 5.32 Å². The number of nitro benzene ring substituents is 1. The number of hydrogen-bond acceptors (Lipinski definition) is 7. The first-order chi connectivity index (χ1) is 12.0. The van der Waals surface area contributed by atoms with E-state index in [0.29, 0.717) is 19.6 Å². The van der Waals surface area contributed by atoms with E-state index in [1.807, 2.05) is 0 Å². The molecule has 0 fully saturated rings. The number of nitrogens with zero attached hydrogens (tertiary/aromatic N) is 2. The van der Waals surface area contributed by atoms with Gasteiger partial charge in [0.25, 0.3) is 11.6 Å². The molecule has 1 aromatic rings. The minimum Gasteiger partial charge on any atom is -0.493 e. The van der Waals surface area contributed by atoms with Crippen molar-refractivity contribution in [3.8, 4) is 17.6 Å². The van der Waals surface area contributed by atoms with Crippen molar-refractivity contribution in [1.29, 1.82) is 5.26 Å². The quantitative estimate of drug-likeness (QED) is 0.236. The number of nitriles is 1. The topological polar surface area (TPSA) is 124 Å². The number of methoxy groups -OCH3 is 3. The highest BCUT2D eigenvalue weighted by atomic mass is 16.6. The number of carbonyl (C=O) groups is 1. The maximum Gasteiger partial charge on any atom is 0.280 e.